The molecular formula is C10H13FN4O2. The van der Waals surface area contributed by atoms with Gasteiger partial charge in [-0.15, -0.1) is 0 Å². The van der Waals surface area contributed by atoms with Crippen LogP contribution in [0.25, 0.3) is 0 Å². The molecule has 0 saturated carbocycles. The Hall–Kier alpha value is -2.18. The third kappa shape index (κ3) is 3.13. The molecule has 0 radical (unpaired) electrons. The summed E-state index contributed by atoms with van der Waals surface area (Å²) in [6, 6.07) is 1.05. The van der Waals surface area contributed by atoms with E-state index in [1.807, 2.05) is 0 Å². The fourth-order valence-corrected chi connectivity index (χ4v) is 1.08. The molecule has 0 bridgehead atoms. The van der Waals surface area contributed by atoms with Crippen molar-refractivity contribution in [2.45, 2.75) is 19.4 Å². The average molecular weight is 240 g/mol. The molecule has 17 heavy (non-hydrogen) atoms. The number of rotatable bonds is 3. The van der Waals surface area contributed by atoms with Gasteiger partial charge in [-0.2, -0.15) is 0 Å². The highest BCUT2D eigenvalue weighted by atomic mass is 19.1. The number of halogens is 1. The molecule has 0 unspecified atom stereocenters. The van der Waals surface area contributed by atoms with Crippen LogP contribution in [0.1, 0.15) is 24.2 Å². The van der Waals surface area contributed by atoms with Gasteiger partial charge in [0, 0.05) is 6.20 Å². The van der Waals surface area contributed by atoms with E-state index >= 15 is 0 Å². The van der Waals surface area contributed by atoms with Crippen molar-refractivity contribution in [2.24, 2.45) is 10.9 Å². The molecule has 0 aliphatic rings. The van der Waals surface area contributed by atoms with Crippen molar-refractivity contribution in [1.29, 1.82) is 0 Å². The minimum atomic E-state index is -1.04. The van der Waals surface area contributed by atoms with E-state index < -0.39 is 17.3 Å². The van der Waals surface area contributed by atoms with Gasteiger partial charge >= 0.3 is 0 Å². The molecule has 1 aromatic rings. The van der Waals surface area contributed by atoms with Crippen molar-refractivity contribution in [1.82, 2.24) is 10.3 Å². The van der Waals surface area contributed by atoms with E-state index in [4.69, 9.17) is 10.9 Å². The first-order chi connectivity index (χ1) is 7.86. The first kappa shape index (κ1) is 12.9. The van der Waals surface area contributed by atoms with Gasteiger partial charge in [-0.05, 0) is 19.9 Å². The zero-order valence-corrected chi connectivity index (χ0v) is 9.44. The Morgan fingerprint density at radius 2 is 2.24 bits per heavy atom. The zero-order valence-electron chi connectivity index (χ0n) is 9.44. The van der Waals surface area contributed by atoms with Gasteiger partial charge in [0.15, 0.2) is 5.84 Å². The third-order valence-electron chi connectivity index (χ3n) is 2.14. The predicted molar refractivity (Wildman–Crippen MR) is 59.1 cm³/mol. The topological polar surface area (TPSA) is 101 Å². The number of nitrogens with zero attached hydrogens (tertiary/aromatic N) is 2. The fraction of sp³-hybridized carbons (Fsp3) is 0.300. The number of nitrogens with two attached hydrogens (primary N) is 1. The number of hydrogen-bond acceptors (Lipinski definition) is 4. The van der Waals surface area contributed by atoms with E-state index in [1.165, 1.54) is 6.20 Å². The summed E-state index contributed by atoms with van der Waals surface area (Å²) in [5.74, 6) is -1.33. The molecular weight excluding hydrogens is 227 g/mol. The molecule has 92 valence electrons. The Morgan fingerprint density at radius 1 is 1.59 bits per heavy atom. The number of amidine groups is 1. The van der Waals surface area contributed by atoms with Crippen LogP contribution in [-0.4, -0.2) is 27.5 Å². The molecule has 1 heterocycles. The Kier molecular flexibility index (Phi) is 3.62. The first-order valence-electron chi connectivity index (χ1n) is 4.78. The van der Waals surface area contributed by atoms with E-state index in [1.54, 1.807) is 13.8 Å². The van der Waals surface area contributed by atoms with E-state index in [0.717, 1.165) is 12.3 Å². The third-order valence-corrected chi connectivity index (χ3v) is 2.14. The highest BCUT2D eigenvalue weighted by molar-refractivity contribution is 5.99. The molecule has 7 heteroatoms. The van der Waals surface area contributed by atoms with Gasteiger partial charge in [-0.25, -0.2) is 4.39 Å². The molecule has 0 aliphatic carbocycles. The summed E-state index contributed by atoms with van der Waals surface area (Å²) in [4.78, 5) is 15.3. The van der Waals surface area contributed by atoms with Gasteiger partial charge in [0.05, 0.1) is 17.3 Å². The maximum absolute atomic E-state index is 12.9. The van der Waals surface area contributed by atoms with E-state index in [9.17, 15) is 9.18 Å². The molecule has 0 atom stereocenters. The maximum atomic E-state index is 12.9. The Labute approximate surface area is 97.3 Å². The molecule has 4 N–H and O–H groups in total. The molecule has 1 rings (SSSR count). The minimum absolute atomic E-state index is 0.0591. The smallest absolute Gasteiger partial charge is 0.253 e. The zero-order chi connectivity index (χ0) is 13.1. The maximum Gasteiger partial charge on any atom is 0.253 e. The van der Waals surface area contributed by atoms with E-state index in [-0.39, 0.29) is 11.4 Å². The molecule has 0 saturated heterocycles. The van der Waals surface area contributed by atoms with Gasteiger partial charge in [-0.3, -0.25) is 9.78 Å². The number of nitrogens with one attached hydrogen (secondary N) is 1. The summed E-state index contributed by atoms with van der Waals surface area (Å²) >= 11 is 0. The van der Waals surface area contributed by atoms with Gasteiger partial charge < -0.3 is 16.3 Å². The Morgan fingerprint density at radius 3 is 2.76 bits per heavy atom. The van der Waals surface area contributed by atoms with Gasteiger partial charge in [-0.1, -0.05) is 5.16 Å². The van der Waals surface area contributed by atoms with Crippen molar-refractivity contribution in [3.05, 3.63) is 29.8 Å². The number of carbonyl (C=O) groups excluding carboxylic acids is 1. The lowest BCUT2D eigenvalue weighted by atomic mass is 10.0. The lowest BCUT2D eigenvalue weighted by Crippen LogP contribution is -2.53. The SMILES string of the molecule is CC(C)(NC(=O)c1cncc(F)c1)/C(N)=N/O. The van der Waals surface area contributed by atoms with Gasteiger partial charge in [0.1, 0.15) is 5.82 Å². The second kappa shape index (κ2) is 4.77. The molecule has 0 fully saturated rings. The summed E-state index contributed by atoms with van der Waals surface area (Å²) in [6.45, 7) is 3.10. The number of hydrogen-bond donors (Lipinski definition) is 3. The van der Waals surface area contributed by atoms with Crippen LogP contribution < -0.4 is 11.1 Å². The van der Waals surface area contributed by atoms with Crippen LogP contribution in [0.15, 0.2) is 23.6 Å². The van der Waals surface area contributed by atoms with E-state index in [2.05, 4.69) is 15.5 Å². The average Bonchev–Trinajstić information content (AvgIpc) is 2.27. The summed E-state index contributed by atoms with van der Waals surface area (Å²) in [5, 5.41) is 13.8. The quantitative estimate of drug-likeness (QED) is 0.309. The van der Waals surface area contributed by atoms with Crippen LogP contribution in [0.3, 0.4) is 0 Å². The summed E-state index contributed by atoms with van der Waals surface area (Å²) < 4.78 is 12.9. The van der Waals surface area contributed by atoms with Gasteiger partial charge in [0.2, 0.25) is 0 Å². The fourth-order valence-electron chi connectivity index (χ4n) is 1.08. The summed E-state index contributed by atoms with van der Waals surface area (Å²) in [7, 11) is 0. The van der Waals surface area contributed by atoms with E-state index in [0.29, 0.717) is 0 Å². The highest BCUT2D eigenvalue weighted by Crippen LogP contribution is 2.06. The Balaban J connectivity index is 2.87. The molecule has 0 spiro atoms. The number of oxime groups is 1. The molecule has 0 aliphatic heterocycles. The molecule has 1 amide bonds. The number of aromatic nitrogens is 1. The summed E-state index contributed by atoms with van der Waals surface area (Å²) in [5.41, 5.74) is 4.42. The number of amides is 1. The molecule has 1 aromatic heterocycles. The number of carbonyl (C=O) groups is 1. The monoisotopic (exact) mass is 240 g/mol. The molecule has 0 aromatic carbocycles. The van der Waals surface area contributed by atoms with Crippen molar-refractivity contribution in [3.63, 3.8) is 0 Å². The van der Waals surface area contributed by atoms with Crippen LogP contribution in [0.4, 0.5) is 4.39 Å². The van der Waals surface area contributed by atoms with Crippen molar-refractivity contribution in [2.75, 3.05) is 0 Å². The van der Waals surface area contributed by atoms with Crippen molar-refractivity contribution >= 4 is 11.7 Å². The highest BCUT2D eigenvalue weighted by Gasteiger charge is 2.26. The second-order valence-electron chi connectivity index (χ2n) is 3.96. The normalized spacial score (nSPS) is 12.3. The van der Waals surface area contributed by atoms with Gasteiger partial charge in [0.25, 0.3) is 5.91 Å². The van der Waals surface area contributed by atoms with Crippen molar-refractivity contribution < 1.29 is 14.4 Å². The van der Waals surface area contributed by atoms with Crippen LogP contribution in [0.5, 0.6) is 0 Å². The predicted octanol–water partition coefficient (Wildman–Crippen LogP) is 0.475. The first-order valence-corrected chi connectivity index (χ1v) is 4.78. The second-order valence-corrected chi connectivity index (χ2v) is 3.96. The largest absolute Gasteiger partial charge is 0.409 e. The molecule has 6 nitrogen and oxygen atoms in total. The minimum Gasteiger partial charge on any atom is -0.409 e. The van der Waals surface area contributed by atoms with Crippen LogP contribution in [0.2, 0.25) is 0 Å². The lowest BCUT2D eigenvalue weighted by molar-refractivity contribution is 0.0930. The summed E-state index contributed by atoms with van der Waals surface area (Å²) in [6.07, 6.45) is 2.21. The number of pyridine rings is 1. The van der Waals surface area contributed by atoms with Crippen molar-refractivity contribution in [3.8, 4) is 0 Å². The van der Waals surface area contributed by atoms with Crippen LogP contribution in [-0.2, 0) is 0 Å². The van der Waals surface area contributed by atoms with Crippen LogP contribution in [0, 0.1) is 5.82 Å². The lowest BCUT2D eigenvalue weighted by Gasteiger charge is -2.24. The Bertz CT molecular complexity index is 459. The standard InChI is InChI=1S/C10H13FN4O2/c1-10(2,9(12)15-17)14-8(16)6-3-7(11)5-13-4-6/h3-5,17H,1-2H3,(H2,12,15)(H,14,16). The van der Waals surface area contributed by atoms with Crippen LogP contribution >= 0.6 is 0 Å².